The molecule has 0 bridgehead atoms. The van der Waals surface area contributed by atoms with E-state index in [1.165, 1.54) is 0 Å². The monoisotopic (exact) mass is 326 g/mol. The van der Waals surface area contributed by atoms with E-state index in [1.807, 2.05) is 0 Å². The Morgan fingerprint density at radius 2 is 1.10 bits per heavy atom. The van der Waals surface area contributed by atoms with Gasteiger partial charge in [0.25, 0.3) is 0 Å². The molecule has 1 atom stereocenters. The van der Waals surface area contributed by atoms with Crippen LogP contribution in [0.3, 0.4) is 0 Å². The Morgan fingerprint density at radius 3 is 1.30 bits per heavy atom. The van der Waals surface area contributed by atoms with Gasteiger partial charge in [0.15, 0.2) is 0 Å². The van der Waals surface area contributed by atoms with E-state index in [4.69, 9.17) is 5.11 Å². The second-order valence-corrected chi connectivity index (χ2v) is 3.75. The Balaban J connectivity index is 5.75. The van der Waals surface area contributed by atoms with Crippen molar-refractivity contribution >= 4 is 0 Å². The maximum atomic E-state index is 12.8. The summed E-state index contributed by atoms with van der Waals surface area (Å²) in [5.41, 5.74) is 0. The number of rotatable bonds is 5. The lowest BCUT2D eigenvalue weighted by molar-refractivity contribution is -0.395. The SMILES string of the molecule is CC(CO)OC(C(F)(F)C(F)(F)F)C(F)(F)C(F)(F)F. The van der Waals surface area contributed by atoms with Gasteiger partial charge in [-0.05, 0) is 6.92 Å². The fourth-order valence-electron chi connectivity index (χ4n) is 0.971. The summed E-state index contributed by atoms with van der Waals surface area (Å²) >= 11 is 0. The average molecular weight is 326 g/mol. The highest BCUT2D eigenvalue weighted by molar-refractivity contribution is 4.98. The van der Waals surface area contributed by atoms with Gasteiger partial charge in [0.1, 0.15) is 0 Å². The normalized spacial score (nSPS) is 16.6. The summed E-state index contributed by atoms with van der Waals surface area (Å²) in [6.45, 7) is -0.787. The van der Waals surface area contributed by atoms with Crippen LogP contribution in [0.5, 0.6) is 0 Å². The highest BCUT2D eigenvalue weighted by Gasteiger charge is 2.77. The lowest BCUT2D eigenvalue weighted by atomic mass is 10.0. The number of hydrogen-bond donors (Lipinski definition) is 1. The standard InChI is InChI=1S/C8H8F10O2/c1-3(2-19)20-4(5(9,10)7(13,14)15)6(11,12)8(16,17)18/h3-4,19H,2H2,1H3. The minimum atomic E-state index is -6.69. The molecule has 0 amide bonds. The van der Waals surface area contributed by atoms with Gasteiger partial charge >= 0.3 is 24.2 Å². The number of halogens is 10. The van der Waals surface area contributed by atoms with Crippen LogP contribution in [0.4, 0.5) is 43.9 Å². The summed E-state index contributed by atoms with van der Waals surface area (Å²) in [5, 5.41) is 8.34. The number of aliphatic hydroxyl groups excluding tert-OH is 1. The quantitative estimate of drug-likeness (QED) is 0.787. The van der Waals surface area contributed by atoms with Gasteiger partial charge in [0.2, 0.25) is 6.10 Å². The van der Waals surface area contributed by atoms with E-state index in [9.17, 15) is 43.9 Å². The Hall–Kier alpha value is -0.780. The van der Waals surface area contributed by atoms with E-state index in [-0.39, 0.29) is 0 Å². The van der Waals surface area contributed by atoms with E-state index in [2.05, 4.69) is 4.74 Å². The topological polar surface area (TPSA) is 29.5 Å². The molecule has 122 valence electrons. The van der Waals surface area contributed by atoms with Gasteiger partial charge in [-0.2, -0.15) is 43.9 Å². The van der Waals surface area contributed by atoms with Crippen molar-refractivity contribution in [1.82, 2.24) is 0 Å². The van der Waals surface area contributed by atoms with Crippen LogP contribution in [0, 0.1) is 0 Å². The molecular weight excluding hydrogens is 318 g/mol. The molecule has 0 aliphatic rings. The van der Waals surface area contributed by atoms with Crippen molar-refractivity contribution in [3.63, 3.8) is 0 Å². The minimum absolute atomic E-state index is 0.548. The van der Waals surface area contributed by atoms with Crippen LogP contribution in [0.15, 0.2) is 0 Å². The lowest BCUT2D eigenvalue weighted by Crippen LogP contribution is -2.62. The molecule has 0 fully saturated rings. The number of alkyl halides is 10. The van der Waals surface area contributed by atoms with Crippen LogP contribution < -0.4 is 0 Å². The van der Waals surface area contributed by atoms with Crippen LogP contribution in [0.2, 0.25) is 0 Å². The van der Waals surface area contributed by atoms with Crippen LogP contribution in [0.25, 0.3) is 0 Å². The van der Waals surface area contributed by atoms with Crippen molar-refractivity contribution in [1.29, 1.82) is 0 Å². The molecule has 0 aromatic rings. The van der Waals surface area contributed by atoms with Crippen molar-refractivity contribution in [3.05, 3.63) is 0 Å². The lowest BCUT2D eigenvalue weighted by Gasteiger charge is -2.35. The molecule has 0 rings (SSSR count). The Kier molecular flexibility index (Phi) is 5.33. The smallest absolute Gasteiger partial charge is 0.394 e. The van der Waals surface area contributed by atoms with E-state index in [0.717, 1.165) is 0 Å². The predicted octanol–water partition coefficient (Wildman–Crippen LogP) is 3.15. The van der Waals surface area contributed by atoms with Crippen molar-refractivity contribution < 1.29 is 53.7 Å². The first-order valence-corrected chi connectivity index (χ1v) is 4.74. The summed E-state index contributed by atoms with van der Waals surface area (Å²) in [5.74, 6) is -13.0. The molecular formula is C8H8F10O2. The fraction of sp³-hybridized carbons (Fsp3) is 1.00. The third-order valence-electron chi connectivity index (χ3n) is 2.04. The first-order valence-electron chi connectivity index (χ1n) is 4.74. The van der Waals surface area contributed by atoms with Gasteiger partial charge in [-0.15, -0.1) is 0 Å². The molecule has 0 saturated carbocycles. The van der Waals surface area contributed by atoms with E-state index in [0.29, 0.717) is 6.92 Å². The van der Waals surface area contributed by atoms with Gasteiger partial charge in [0.05, 0.1) is 12.7 Å². The molecule has 0 aromatic heterocycles. The Labute approximate surface area is 105 Å². The first kappa shape index (κ1) is 19.2. The number of ether oxygens (including phenoxy) is 1. The summed E-state index contributed by atoms with van der Waals surface area (Å²) in [7, 11) is 0. The van der Waals surface area contributed by atoms with E-state index >= 15 is 0 Å². The van der Waals surface area contributed by atoms with Crippen LogP contribution in [0.1, 0.15) is 6.92 Å². The zero-order valence-corrected chi connectivity index (χ0v) is 9.50. The number of hydrogen-bond acceptors (Lipinski definition) is 2. The Bertz CT molecular complexity index is 294. The van der Waals surface area contributed by atoms with E-state index < -0.39 is 43.0 Å². The molecule has 1 N–H and O–H groups in total. The molecule has 0 aliphatic heterocycles. The zero-order valence-electron chi connectivity index (χ0n) is 9.50. The first-order chi connectivity index (χ1) is 8.59. The molecule has 12 heteroatoms. The zero-order chi connectivity index (χ0) is 16.6. The molecule has 20 heavy (non-hydrogen) atoms. The number of aliphatic hydroxyl groups is 1. The van der Waals surface area contributed by atoms with E-state index in [1.54, 1.807) is 0 Å². The summed E-state index contributed by atoms with van der Waals surface area (Å²) in [6, 6.07) is 0. The summed E-state index contributed by atoms with van der Waals surface area (Å²) < 4.78 is 126. The second-order valence-electron chi connectivity index (χ2n) is 3.75. The third-order valence-corrected chi connectivity index (χ3v) is 2.04. The van der Waals surface area contributed by atoms with Crippen LogP contribution in [-0.4, -0.2) is 48.1 Å². The van der Waals surface area contributed by atoms with Crippen molar-refractivity contribution in [2.45, 2.75) is 43.3 Å². The predicted molar refractivity (Wildman–Crippen MR) is 43.4 cm³/mol. The minimum Gasteiger partial charge on any atom is -0.394 e. The van der Waals surface area contributed by atoms with Crippen molar-refractivity contribution in [2.75, 3.05) is 6.61 Å². The van der Waals surface area contributed by atoms with Gasteiger partial charge < -0.3 is 9.84 Å². The maximum Gasteiger partial charge on any atom is 0.456 e. The summed E-state index contributed by atoms with van der Waals surface area (Å²) in [6.07, 6.45) is -20.3. The van der Waals surface area contributed by atoms with Gasteiger partial charge in [-0.3, -0.25) is 0 Å². The molecule has 0 spiro atoms. The average Bonchev–Trinajstić information content (AvgIpc) is 2.21. The molecule has 0 saturated heterocycles. The molecule has 0 radical (unpaired) electrons. The molecule has 2 nitrogen and oxygen atoms in total. The largest absolute Gasteiger partial charge is 0.456 e. The molecule has 1 unspecified atom stereocenters. The van der Waals surface area contributed by atoms with Gasteiger partial charge in [-0.1, -0.05) is 0 Å². The van der Waals surface area contributed by atoms with Crippen molar-refractivity contribution in [3.8, 4) is 0 Å². The van der Waals surface area contributed by atoms with Crippen LogP contribution >= 0.6 is 0 Å². The highest BCUT2D eigenvalue weighted by atomic mass is 19.4. The third kappa shape index (κ3) is 3.65. The molecule has 0 heterocycles. The summed E-state index contributed by atoms with van der Waals surface area (Å²) in [4.78, 5) is 0. The van der Waals surface area contributed by atoms with Crippen molar-refractivity contribution in [2.24, 2.45) is 0 Å². The maximum absolute atomic E-state index is 12.8. The fourth-order valence-corrected chi connectivity index (χ4v) is 0.971. The van der Waals surface area contributed by atoms with Gasteiger partial charge in [0, 0.05) is 0 Å². The molecule has 0 aliphatic carbocycles. The Morgan fingerprint density at radius 1 is 0.800 bits per heavy atom. The molecule has 0 aromatic carbocycles. The highest BCUT2D eigenvalue weighted by Crippen LogP contribution is 2.50. The van der Waals surface area contributed by atoms with Crippen LogP contribution in [-0.2, 0) is 4.74 Å². The van der Waals surface area contributed by atoms with Gasteiger partial charge in [-0.25, -0.2) is 0 Å². The second kappa shape index (κ2) is 5.54.